The number of likely N-dealkylation sites (N-methyl/N-ethyl adjacent to an activating group) is 1. The second-order valence-corrected chi connectivity index (χ2v) is 8.12. The van der Waals surface area contributed by atoms with Gasteiger partial charge in [-0.05, 0) is 30.3 Å². The Balaban J connectivity index is 1.70. The van der Waals surface area contributed by atoms with E-state index >= 15 is 0 Å². The average Bonchev–Trinajstić information content (AvgIpc) is 2.83. The predicted molar refractivity (Wildman–Crippen MR) is 127 cm³/mol. The summed E-state index contributed by atoms with van der Waals surface area (Å²) in [4.78, 5) is 15.8. The number of hydrogen-bond acceptors (Lipinski definition) is 6. The molecule has 1 saturated heterocycles. The van der Waals surface area contributed by atoms with E-state index in [0.29, 0.717) is 12.2 Å². The zero-order valence-electron chi connectivity index (χ0n) is 18.1. The molecule has 0 saturated carbocycles. The van der Waals surface area contributed by atoms with E-state index in [0.717, 1.165) is 29.9 Å². The lowest BCUT2D eigenvalue weighted by molar-refractivity contribution is -0.384. The molecule has 1 fully saturated rings. The van der Waals surface area contributed by atoms with Gasteiger partial charge < -0.3 is 15.3 Å². The molecule has 4 rings (SSSR count). The summed E-state index contributed by atoms with van der Waals surface area (Å²) in [6.45, 7) is 2.37. The first-order chi connectivity index (χ1) is 15.6. The van der Waals surface area contributed by atoms with Crippen LogP contribution < -0.4 is 10.2 Å². The van der Waals surface area contributed by atoms with Crippen LogP contribution in [0.15, 0.2) is 78.9 Å². The molecule has 0 bridgehead atoms. The van der Waals surface area contributed by atoms with Gasteiger partial charge in [-0.15, -0.1) is 0 Å². The fourth-order valence-corrected chi connectivity index (χ4v) is 4.18. The second-order valence-electron chi connectivity index (χ2n) is 8.12. The van der Waals surface area contributed by atoms with Crippen LogP contribution in [0.2, 0.25) is 0 Å². The number of nitro groups is 1. The van der Waals surface area contributed by atoms with Gasteiger partial charge in [0.05, 0.1) is 23.6 Å². The highest BCUT2D eigenvalue weighted by atomic mass is 16.6. The molecule has 2 N–H and O–H groups in total. The molecule has 1 unspecified atom stereocenters. The fraction of sp³-hybridized carbons (Fsp3) is 0.280. The predicted octanol–water partition coefficient (Wildman–Crippen LogP) is 3.91. The van der Waals surface area contributed by atoms with Crippen molar-refractivity contribution in [3.63, 3.8) is 0 Å². The number of benzene rings is 3. The maximum absolute atomic E-state index is 11.8. The van der Waals surface area contributed by atoms with E-state index in [-0.39, 0.29) is 29.3 Å². The van der Waals surface area contributed by atoms with Crippen LogP contribution in [-0.4, -0.2) is 54.3 Å². The highest BCUT2D eigenvalue weighted by Gasteiger charge is 2.26. The van der Waals surface area contributed by atoms with Crippen LogP contribution in [0.5, 0.6) is 0 Å². The van der Waals surface area contributed by atoms with Gasteiger partial charge in [0.1, 0.15) is 5.69 Å². The average molecular weight is 433 g/mol. The van der Waals surface area contributed by atoms with Crippen molar-refractivity contribution in [2.45, 2.75) is 12.1 Å². The summed E-state index contributed by atoms with van der Waals surface area (Å²) in [7, 11) is 2.01. The maximum Gasteiger partial charge on any atom is 0.292 e. The summed E-state index contributed by atoms with van der Waals surface area (Å²) >= 11 is 0. The van der Waals surface area contributed by atoms with Crippen molar-refractivity contribution in [1.29, 1.82) is 0 Å². The molecule has 7 heteroatoms. The number of aliphatic hydroxyl groups excluding tert-OH is 1. The van der Waals surface area contributed by atoms with Gasteiger partial charge in [0, 0.05) is 31.4 Å². The Kier molecular flexibility index (Phi) is 6.68. The van der Waals surface area contributed by atoms with Gasteiger partial charge in [-0.25, -0.2) is 0 Å². The monoisotopic (exact) mass is 432 g/mol. The van der Waals surface area contributed by atoms with Crippen molar-refractivity contribution in [2.75, 3.05) is 43.5 Å². The van der Waals surface area contributed by atoms with Crippen LogP contribution in [0.1, 0.15) is 17.2 Å². The highest BCUT2D eigenvalue weighted by Crippen LogP contribution is 2.35. The highest BCUT2D eigenvalue weighted by molar-refractivity contribution is 5.70. The molecule has 7 nitrogen and oxygen atoms in total. The Hall–Kier alpha value is -3.42. The SMILES string of the molecule is CN1CCN(c2ccc([N+](=O)[O-])c(NC(c3ccccc3)c3ccccc3)c2)CC1CO. The van der Waals surface area contributed by atoms with E-state index in [1.807, 2.05) is 73.8 Å². The first-order valence-electron chi connectivity index (χ1n) is 10.8. The number of rotatable bonds is 7. The van der Waals surface area contributed by atoms with Gasteiger partial charge in [-0.2, -0.15) is 0 Å². The lowest BCUT2D eigenvalue weighted by atomic mass is 9.98. The number of anilines is 2. The summed E-state index contributed by atoms with van der Waals surface area (Å²) in [6.07, 6.45) is 0. The molecule has 166 valence electrons. The lowest BCUT2D eigenvalue weighted by Gasteiger charge is -2.40. The third-order valence-electron chi connectivity index (χ3n) is 6.10. The van der Waals surface area contributed by atoms with E-state index in [2.05, 4.69) is 15.1 Å². The van der Waals surface area contributed by atoms with E-state index in [9.17, 15) is 15.2 Å². The van der Waals surface area contributed by atoms with Crippen molar-refractivity contribution in [1.82, 2.24) is 4.90 Å². The van der Waals surface area contributed by atoms with Gasteiger partial charge in [0.2, 0.25) is 0 Å². The van der Waals surface area contributed by atoms with Gasteiger partial charge in [-0.3, -0.25) is 15.0 Å². The van der Waals surface area contributed by atoms with Gasteiger partial charge >= 0.3 is 0 Å². The molecule has 0 amide bonds. The topological polar surface area (TPSA) is 81.9 Å². The van der Waals surface area contributed by atoms with E-state index in [1.165, 1.54) is 0 Å². The molecule has 0 aliphatic carbocycles. The summed E-state index contributed by atoms with van der Waals surface area (Å²) in [5, 5.41) is 25.0. The van der Waals surface area contributed by atoms with Gasteiger partial charge in [-0.1, -0.05) is 60.7 Å². The Labute approximate surface area is 188 Å². The number of aliphatic hydroxyl groups is 1. The Morgan fingerprint density at radius 1 is 1.03 bits per heavy atom. The van der Waals surface area contributed by atoms with Crippen molar-refractivity contribution in [3.05, 3.63) is 100 Å². The fourth-order valence-electron chi connectivity index (χ4n) is 4.18. The third kappa shape index (κ3) is 4.74. The zero-order chi connectivity index (χ0) is 22.5. The maximum atomic E-state index is 11.8. The Bertz CT molecular complexity index is 1010. The molecule has 1 heterocycles. The minimum Gasteiger partial charge on any atom is -0.395 e. The molecule has 1 atom stereocenters. The van der Waals surface area contributed by atoms with Crippen LogP contribution in [0, 0.1) is 10.1 Å². The summed E-state index contributed by atoms with van der Waals surface area (Å²) in [6, 6.07) is 24.9. The summed E-state index contributed by atoms with van der Waals surface area (Å²) in [5.74, 6) is 0. The van der Waals surface area contributed by atoms with E-state index in [4.69, 9.17) is 0 Å². The van der Waals surface area contributed by atoms with Crippen LogP contribution in [0.4, 0.5) is 17.1 Å². The van der Waals surface area contributed by atoms with Crippen LogP contribution >= 0.6 is 0 Å². The number of hydrogen-bond donors (Lipinski definition) is 2. The lowest BCUT2D eigenvalue weighted by Crippen LogP contribution is -2.53. The Morgan fingerprint density at radius 3 is 2.22 bits per heavy atom. The van der Waals surface area contributed by atoms with Gasteiger partial charge in [0.25, 0.3) is 5.69 Å². The summed E-state index contributed by atoms with van der Waals surface area (Å²) in [5.41, 5.74) is 3.48. The first-order valence-corrected chi connectivity index (χ1v) is 10.8. The smallest absolute Gasteiger partial charge is 0.292 e. The first kappa shape index (κ1) is 21.8. The van der Waals surface area contributed by atoms with E-state index in [1.54, 1.807) is 12.1 Å². The molecular weight excluding hydrogens is 404 g/mol. The number of nitrogens with one attached hydrogen (secondary N) is 1. The standard InChI is InChI=1S/C25H28N4O3/c1-27-14-15-28(17-22(27)18-30)21-12-13-24(29(31)32)23(16-21)26-25(19-8-4-2-5-9-19)20-10-6-3-7-11-20/h2-13,16,22,25-26,30H,14-15,17-18H2,1H3. The molecule has 3 aromatic rings. The molecule has 0 radical (unpaired) electrons. The van der Waals surface area contributed by atoms with Crippen LogP contribution in [0.3, 0.4) is 0 Å². The Morgan fingerprint density at radius 2 is 1.66 bits per heavy atom. The largest absolute Gasteiger partial charge is 0.395 e. The van der Waals surface area contributed by atoms with Crippen molar-refractivity contribution >= 4 is 17.1 Å². The molecular formula is C25H28N4O3. The van der Waals surface area contributed by atoms with Crippen molar-refractivity contribution in [2.24, 2.45) is 0 Å². The number of nitrogens with zero attached hydrogens (tertiary/aromatic N) is 3. The minimum absolute atomic E-state index is 0.0386. The van der Waals surface area contributed by atoms with Gasteiger partial charge in [0.15, 0.2) is 0 Å². The molecule has 32 heavy (non-hydrogen) atoms. The minimum atomic E-state index is -0.348. The van der Waals surface area contributed by atoms with Crippen molar-refractivity contribution in [3.8, 4) is 0 Å². The quantitative estimate of drug-likeness (QED) is 0.435. The molecule has 1 aliphatic rings. The molecule has 0 spiro atoms. The summed E-state index contributed by atoms with van der Waals surface area (Å²) < 4.78 is 0. The van der Waals surface area contributed by atoms with Crippen LogP contribution in [0.25, 0.3) is 0 Å². The third-order valence-corrected chi connectivity index (χ3v) is 6.10. The molecule has 1 aliphatic heterocycles. The number of piperazine rings is 1. The van der Waals surface area contributed by atoms with Crippen molar-refractivity contribution < 1.29 is 10.0 Å². The second kappa shape index (κ2) is 9.80. The molecule has 0 aromatic heterocycles. The molecule has 3 aromatic carbocycles. The zero-order valence-corrected chi connectivity index (χ0v) is 18.1. The van der Waals surface area contributed by atoms with E-state index < -0.39 is 0 Å². The normalized spacial score (nSPS) is 16.8. The number of nitro benzene ring substituents is 1. The van der Waals surface area contributed by atoms with Crippen LogP contribution in [-0.2, 0) is 0 Å².